The van der Waals surface area contributed by atoms with E-state index in [1.165, 1.54) is 0 Å². The van der Waals surface area contributed by atoms with Gasteiger partial charge in [-0.15, -0.1) is 0 Å². The fourth-order valence-corrected chi connectivity index (χ4v) is 1.76. The van der Waals surface area contributed by atoms with Crippen molar-refractivity contribution in [2.45, 2.75) is 13.0 Å². The molecule has 1 aromatic carbocycles. The Bertz CT molecular complexity index is 537. The van der Waals surface area contributed by atoms with Crippen LogP contribution in [0.25, 0.3) is 5.69 Å². The fraction of sp³-hybridized carbons (Fsp3) is 0.286. The molecule has 0 saturated carbocycles. The number of carbonyl (C=O) groups excluding carboxylic acids is 1. The second-order valence-electron chi connectivity index (χ2n) is 4.34. The summed E-state index contributed by atoms with van der Waals surface area (Å²) >= 11 is 0. The molecule has 0 aliphatic heterocycles. The number of hydrogen-bond acceptors (Lipinski definition) is 3. The number of nitrogens with zero attached hydrogens (tertiary/aromatic N) is 2. The molecule has 0 aliphatic rings. The quantitative estimate of drug-likeness (QED) is 0.888. The lowest BCUT2D eigenvalue weighted by molar-refractivity contribution is 0.0905. The van der Waals surface area contributed by atoms with Crippen molar-refractivity contribution in [3.05, 3.63) is 48.3 Å². The van der Waals surface area contributed by atoms with E-state index in [9.17, 15) is 4.79 Å². The Morgan fingerprint density at radius 1 is 1.42 bits per heavy atom. The van der Waals surface area contributed by atoms with Crippen LogP contribution in [0, 0.1) is 0 Å². The Hall–Kier alpha value is -2.14. The average Bonchev–Trinajstić information content (AvgIpc) is 2.89. The Balaban J connectivity index is 2.07. The van der Waals surface area contributed by atoms with Gasteiger partial charge in [0.25, 0.3) is 5.91 Å². The first-order valence-electron chi connectivity index (χ1n) is 6.10. The van der Waals surface area contributed by atoms with Crippen molar-refractivity contribution >= 4 is 5.91 Å². The van der Waals surface area contributed by atoms with Gasteiger partial charge in [0.2, 0.25) is 0 Å². The Labute approximate surface area is 112 Å². The molecule has 0 saturated heterocycles. The summed E-state index contributed by atoms with van der Waals surface area (Å²) in [6, 6.07) is 9.63. The predicted octanol–water partition coefficient (Wildman–Crippen LogP) is 1.64. The minimum atomic E-state index is -0.147. The molecular formula is C14H17N3O2. The van der Waals surface area contributed by atoms with E-state index in [0.29, 0.717) is 12.2 Å². The molecule has 0 spiro atoms. The smallest absolute Gasteiger partial charge is 0.254 e. The summed E-state index contributed by atoms with van der Waals surface area (Å²) in [4.78, 5) is 12.0. The minimum absolute atomic E-state index is 0.0300. The van der Waals surface area contributed by atoms with Gasteiger partial charge < -0.3 is 10.1 Å². The maximum absolute atomic E-state index is 12.0. The molecule has 1 heterocycles. The minimum Gasteiger partial charge on any atom is -0.383 e. The summed E-state index contributed by atoms with van der Waals surface area (Å²) in [6.07, 6.45) is 3.27. The third-order valence-electron chi connectivity index (χ3n) is 2.66. The molecular weight excluding hydrogens is 242 g/mol. The lowest BCUT2D eigenvalue weighted by Crippen LogP contribution is -2.35. The van der Waals surface area contributed by atoms with Crippen molar-refractivity contribution in [3.63, 3.8) is 0 Å². The number of benzene rings is 1. The third-order valence-corrected chi connectivity index (χ3v) is 2.66. The van der Waals surface area contributed by atoms with Crippen LogP contribution in [0.1, 0.15) is 17.3 Å². The lowest BCUT2D eigenvalue weighted by atomic mass is 10.3. The van der Waals surface area contributed by atoms with E-state index in [1.54, 1.807) is 24.2 Å². The van der Waals surface area contributed by atoms with Gasteiger partial charge in [-0.3, -0.25) is 4.79 Å². The number of methoxy groups -OCH3 is 1. The van der Waals surface area contributed by atoms with Crippen LogP contribution >= 0.6 is 0 Å². The zero-order chi connectivity index (χ0) is 13.7. The molecule has 1 atom stereocenters. The summed E-state index contributed by atoms with van der Waals surface area (Å²) in [5.74, 6) is -0.147. The first-order chi connectivity index (χ1) is 9.20. The van der Waals surface area contributed by atoms with Gasteiger partial charge in [-0.1, -0.05) is 18.2 Å². The molecule has 19 heavy (non-hydrogen) atoms. The molecule has 1 N–H and O–H groups in total. The number of ether oxygens (including phenoxy) is 1. The molecule has 2 aromatic rings. The largest absolute Gasteiger partial charge is 0.383 e. The van der Waals surface area contributed by atoms with Crippen LogP contribution in [0.5, 0.6) is 0 Å². The van der Waals surface area contributed by atoms with E-state index in [2.05, 4.69) is 10.4 Å². The molecule has 100 valence electrons. The van der Waals surface area contributed by atoms with E-state index < -0.39 is 0 Å². The number of rotatable bonds is 5. The van der Waals surface area contributed by atoms with Crippen molar-refractivity contribution in [1.29, 1.82) is 0 Å². The van der Waals surface area contributed by atoms with Crippen LogP contribution in [0.3, 0.4) is 0 Å². The standard InChI is InChI=1S/C14H17N3O2/c1-11(10-19-2)16-14(18)12-8-15-17(9-12)13-6-4-3-5-7-13/h3-9,11H,10H2,1-2H3,(H,16,18)/t11-/m1/s1. The number of amides is 1. The van der Waals surface area contributed by atoms with Crippen molar-refractivity contribution in [2.75, 3.05) is 13.7 Å². The molecule has 5 heteroatoms. The number of nitrogens with one attached hydrogen (secondary N) is 1. The molecule has 1 amide bonds. The number of aromatic nitrogens is 2. The molecule has 0 bridgehead atoms. The monoisotopic (exact) mass is 259 g/mol. The third kappa shape index (κ3) is 3.42. The fourth-order valence-electron chi connectivity index (χ4n) is 1.76. The van der Waals surface area contributed by atoms with Gasteiger partial charge in [-0.25, -0.2) is 4.68 Å². The van der Waals surface area contributed by atoms with E-state index in [4.69, 9.17) is 4.74 Å². The number of carbonyl (C=O) groups is 1. The first-order valence-corrected chi connectivity index (χ1v) is 6.10. The summed E-state index contributed by atoms with van der Waals surface area (Å²) in [5.41, 5.74) is 1.46. The van der Waals surface area contributed by atoms with Crippen LogP contribution in [-0.4, -0.2) is 35.4 Å². The topological polar surface area (TPSA) is 56.1 Å². The van der Waals surface area contributed by atoms with Gasteiger partial charge in [0.1, 0.15) is 0 Å². The maximum atomic E-state index is 12.0. The normalized spacial score (nSPS) is 12.1. The SMILES string of the molecule is COC[C@@H](C)NC(=O)c1cnn(-c2ccccc2)c1. The molecule has 0 radical (unpaired) electrons. The van der Waals surface area contributed by atoms with Crippen molar-refractivity contribution in [2.24, 2.45) is 0 Å². The van der Waals surface area contributed by atoms with E-state index in [0.717, 1.165) is 5.69 Å². The summed E-state index contributed by atoms with van der Waals surface area (Å²) in [6.45, 7) is 2.38. The van der Waals surface area contributed by atoms with Crippen LogP contribution in [0.2, 0.25) is 0 Å². The van der Waals surface area contributed by atoms with Gasteiger partial charge >= 0.3 is 0 Å². The zero-order valence-corrected chi connectivity index (χ0v) is 11.0. The highest BCUT2D eigenvalue weighted by atomic mass is 16.5. The first kappa shape index (κ1) is 13.3. The van der Waals surface area contributed by atoms with Crippen molar-refractivity contribution in [1.82, 2.24) is 15.1 Å². The van der Waals surface area contributed by atoms with Gasteiger partial charge in [0.15, 0.2) is 0 Å². The molecule has 2 rings (SSSR count). The second-order valence-corrected chi connectivity index (χ2v) is 4.34. The van der Waals surface area contributed by atoms with Crippen molar-refractivity contribution < 1.29 is 9.53 Å². The van der Waals surface area contributed by atoms with Crippen molar-refractivity contribution in [3.8, 4) is 5.69 Å². The zero-order valence-electron chi connectivity index (χ0n) is 11.0. The van der Waals surface area contributed by atoms with Crippen LogP contribution in [0.15, 0.2) is 42.7 Å². The number of para-hydroxylation sites is 1. The molecule has 1 aromatic heterocycles. The Kier molecular flexibility index (Phi) is 4.30. The summed E-state index contributed by atoms with van der Waals surface area (Å²) < 4.78 is 6.66. The molecule has 5 nitrogen and oxygen atoms in total. The van der Waals surface area contributed by atoms with Crippen LogP contribution in [-0.2, 0) is 4.74 Å². The van der Waals surface area contributed by atoms with E-state index >= 15 is 0 Å². The molecule has 0 unspecified atom stereocenters. The summed E-state index contributed by atoms with van der Waals surface area (Å²) in [5, 5.41) is 7.03. The highest BCUT2D eigenvalue weighted by molar-refractivity contribution is 5.93. The van der Waals surface area contributed by atoms with Crippen LogP contribution in [0.4, 0.5) is 0 Å². The second kappa shape index (κ2) is 6.15. The van der Waals surface area contributed by atoms with E-state index in [-0.39, 0.29) is 11.9 Å². The molecule has 0 fully saturated rings. The highest BCUT2D eigenvalue weighted by Gasteiger charge is 2.12. The Morgan fingerprint density at radius 2 is 2.16 bits per heavy atom. The Morgan fingerprint density at radius 3 is 2.84 bits per heavy atom. The summed E-state index contributed by atoms with van der Waals surface area (Å²) in [7, 11) is 1.61. The lowest BCUT2D eigenvalue weighted by Gasteiger charge is -2.11. The average molecular weight is 259 g/mol. The van der Waals surface area contributed by atoms with Gasteiger partial charge in [0.05, 0.1) is 24.1 Å². The highest BCUT2D eigenvalue weighted by Crippen LogP contribution is 2.07. The van der Waals surface area contributed by atoms with Gasteiger partial charge in [-0.05, 0) is 19.1 Å². The van der Waals surface area contributed by atoms with E-state index in [1.807, 2.05) is 37.3 Å². The van der Waals surface area contributed by atoms with Gasteiger partial charge in [0, 0.05) is 19.3 Å². The molecule has 0 aliphatic carbocycles. The van der Waals surface area contributed by atoms with Crippen LogP contribution < -0.4 is 5.32 Å². The maximum Gasteiger partial charge on any atom is 0.254 e. The predicted molar refractivity (Wildman–Crippen MR) is 72.4 cm³/mol. The number of hydrogen-bond donors (Lipinski definition) is 1. The van der Waals surface area contributed by atoms with Gasteiger partial charge in [-0.2, -0.15) is 5.10 Å².